The number of para-hydroxylation sites is 2. The molecule has 4 heterocycles. The number of nitrogens with one attached hydrogen (secondary N) is 1. The molecule has 2 aromatic carbocycles. The first-order valence-corrected chi connectivity index (χ1v) is 12.6. The number of aromatic nitrogens is 3. The van der Waals surface area contributed by atoms with Gasteiger partial charge in [0.05, 0.1) is 29.9 Å². The Kier molecular flexibility index (Phi) is 5.91. The van der Waals surface area contributed by atoms with Crippen molar-refractivity contribution < 1.29 is 14.3 Å². The lowest BCUT2D eigenvalue weighted by Gasteiger charge is -2.26. The highest BCUT2D eigenvalue weighted by Crippen LogP contribution is 2.37. The van der Waals surface area contributed by atoms with Crippen molar-refractivity contribution in [1.82, 2.24) is 24.6 Å². The zero-order chi connectivity index (χ0) is 24.6. The van der Waals surface area contributed by atoms with Crippen LogP contribution in [0.4, 0.5) is 0 Å². The maximum atomic E-state index is 13.2. The van der Waals surface area contributed by atoms with Crippen LogP contribution in [-0.4, -0.2) is 63.9 Å². The summed E-state index contributed by atoms with van der Waals surface area (Å²) in [7, 11) is 0. The molecule has 0 atom stereocenters. The highest BCUT2D eigenvalue weighted by molar-refractivity contribution is 6.50. The molecule has 6 rings (SSSR count). The normalized spacial score (nSPS) is 17.0. The molecule has 0 spiro atoms. The van der Waals surface area contributed by atoms with Crippen molar-refractivity contribution in [1.29, 1.82) is 0 Å². The lowest BCUT2D eigenvalue weighted by molar-refractivity contribution is -0.122. The molecule has 8 heteroatoms. The maximum absolute atomic E-state index is 13.2. The molecule has 0 bridgehead atoms. The van der Waals surface area contributed by atoms with Gasteiger partial charge in [0, 0.05) is 60.8 Å². The Hall–Kier alpha value is -3.75. The number of fused-ring (bicyclic) bond motifs is 2. The van der Waals surface area contributed by atoms with E-state index in [0.29, 0.717) is 16.8 Å². The van der Waals surface area contributed by atoms with Crippen molar-refractivity contribution in [2.24, 2.45) is 0 Å². The monoisotopic (exact) mass is 483 g/mol. The number of aryl methyl sites for hydroxylation is 2. The van der Waals surface area contributed by atoms with Gasteiger partial charge in [-0.1, -0.05) is 36.4 Å². The zero-order valence-electron chi connectivity index (χ0n) is 20.4. The van der Waals surface area contributed by atoms with Gasteiger partial charge in [-0.2, -0.15) is 5.10 Å². The van der Waals surface area contributed by atoms with Gasteiger partial charge in [0.25, 0.3) is 11.8 Å². The predicted octanol–water partition coefficient (Wildman–Crippen LogP) is 3.30. The summed E-state index contributed by atoms with van der Waals surface area (Å²) in [5, 5.41) is 9.28. The number of imide groups is 1. The number of nitrogens with zero attached hydrogens (tertiary/aromatic N) is 4. The first kappa shape index (κ1) is 22.7. The summed E-state index contributed by atoms with van der Waals surface area (Å²) in [4.78, 5) is 28.7. The number of carbonyl (C=O) groups is 2. The number of amides is 2. The van der Waals surface area contributed by atoms with E-state index in [0.717, 1.165) is 79.7 Å². The van der Waals surface area contributed by atoms with Crippen LogP contribution in [-0.2, 0) is 27.4 Å². The van der Waals surface area contributed by atoms with Crippen LogP contribution in [0.3, 0.4) is 0 Å². The highest BCUT2D eigenvalue weighted by atomic mass is 16.5. The smallest absolute Gasteiger partial charge is 0.261 e. The van der Waals surface area contributed by atoms with Crippen molar-refractivity contribution in [3.05, 3.63) is 66.0 Å². The Morgan fingerprint density at radius 1 is 0.889 bits per heavy atom. The van der Waals surface area contributed by atoms with Crippen LogP contribution in [0.2, 0.25) is 0 Å². The third-order valence-corrected chi connectivity index (χ3v) is 7.17. The summed E-state index contributed by atoms with van der Waals surface area (Å²) >= 11 is 0. The molecule has 0 aliphatic carbocycles. The second-order valence-electron chi connectivity index (χ2n) is 9.28. The number of ether oxygens (including phenoxy) is 1. The third-order valence-electron chi connectivity index (χ3n) is 7.17. The van der Waals surface area contributed by atoms with Crippen molar-refractivity contribution in [2.75, 3.05) is 32.8 Å². The molecule has 8 nitrogen and oxygen atoms in total. The fourth-order valence-corrected chi connectivity index (χ4v) is 5.40. The van der Waals surface area contributed by atoms with Crippen molar-refractivity contribution in [2.45, 2.75) is 26.4 Å². The van der Waals surface area contributed by atoms with E-state index in [2.05, 4.69) is 21.7 Å². The molecule has 0 unspecified atom stereocenters. The number of morpholine rings is 1. The molecule has 0 radical (unpaired) electrons. The Balaban J connectivity index is 1.44. The van der Waals surface area contributed by atoms with Gasteiger partial charge < -0.3 is 9.30 Å². The average molecular weight is 484 g/mol. The number of rotatable bonds is 7. The van der Waals surface area contributed by atoms with Crippen LogP contribution in [0.15, 0.2) is 54.7 Å². The summed E-state index contributed by atoms with van der Waals surface area (Å²) in [6, 6.07) is 15.9. The standard InChI is InChI=1S/C28H29N5O3/c1-2-32-18-21(19-8-3-5-10-22(19)32)24-25(28(35)29-27(24)34)26-20-9-4-6-11-23(20)33(30-26)13-7-12-31-14-16-36-17-15-31/h3-6,8-11,18H,2,7,12-17H2,1H3,(H,29,34,35). The van der Waals surface area contributed by atoms with Crippen molar-refractivity contribution in [3.63, 3.8) is 0 Å². The van der Waals surface area contributed by atoms with Crippen LogP contribution >= 0.6 is 0 Å². The van der Waals surface area contributed by atoms with Crippen LogP contribution < -0.4 is 5.32 Å². The lowest BCUT2D eigenvalue weighted by atomic mass is 9.97. The van der Waals surface area contributed by atoms with E-state index in [4.69, 9.17) is 9.84 Å². The molecule has 36 heavy (non-hydrogen) atoms. The Morgan fingerprint density at radius 2 is 1.58 bits per heavy atom. The van der Waals surface area contributed by atoms with Crippen LogP contribution in [0.25, 0.3) is 33.0 Å². The average Bonchev–Trinajstić information content (AvgIpc) is 3.55. The summed E-state index contributed by atoms with van der Waals surface area (Å²) in [6.45, 7) is 8.00. The van der Waals surface area contributed by atoms with E-state index in [1.54, 1.807) is 0 Å². The van der Waals surface area contributed by atoms with E-state index < -0.39 is 5.91 Å². The molecule has 1 saturated heterocycles. The number of benzene rings is 2. The van der Waals surface area contributed by atoms with Gasteiger partial charge in [-0.05, 0) is 25.5 Å². The summed E-state index contributed by atoms with van der Waals surface area (Å²) in [6.07, 6.45) is 2.91. The summed E-state index contributed by atoms with van der Waals surface area (Å²) < 4.78 is 9.53. The van der Waals surface area contributed by atoms with Gasteiger partial charge >= 0.3 is 0 Å². The van der Waals surface area contributed by atoms with Crippen LogP contribution in [0, 0.1) is 0 Å². The first-order chi connectivity index (χ1) is 17.7. The molecule has 0 saturated carbocycles. The fraction of sp³-hybridized carbons (Fsp3) is 0.321. The van der Waals surface area contributed by atoms with E-state index in [-0.39, 0.29) is 5.91 Å². The number of hydrogen-bond donors (Lipinski definition) is 1. The second kappa shape index (κ2) is 9.37. The largest absolute Gasteiger partial charge is 0.379 e. The van der Waals surface area contributed by atoms with Crippen molar-refractivity contribution in [3.8, 4) is 0 Å². The minimum atomic E-state index is -0.396. The van der Waals surface area contributed by atoms with Gasteiger partial charge in [0.2, 0.25) is 0 Å². The third kappa shape index (κ3) is 3.83. The zero-order valence-corrected chi connectivity index (χ0v) is 20.4. The minimum absolute atomic E-state index is 0.349. The molecule has 1 fully saturated rings. The van der Waals surface area contributed by atoms with Gasteiger partial charge in [-0.25, -0.2) is 0 Å². The van der Waals surface area contributed by atoms with E-state index in [1.807, 2.05) is 59.4 Å². The molecule has 2 aliphatic rings. The molecule has 184 valence electrons. The Morgan fingerprint density at radius 3 is 2.36 bits per heavy atom. The molecule has 2 aliphatic heterocycles. The number of carbonyl (C=O) groups excluding carboxylic acids is 2. The lowest BCUT2D eigenvalue weighted by Crippen LogP contribution is -2.37. The van der Waals surface area contributed by atoms with Crippen LogP contribution in [0.1, 0.15) is 24.6 Å². The quantitative estimate of drug-likeness (QED) is 0.408. The Bertz CT molecular complexity index is 1510. The van der Waals surface area contributed by atoms with Crippen molar-refractivity contribution >= 4 is 44.8 Å². The SMILES string of the molecule is CCn1cc(C2=C(c3nn(CCCN4CCOCC4)c4ccccc34)C(=O)NC2=O)c2ccccc21. The molecule has 4 aromatic rings. The van der Waals surface area contributed by atoms with E-state index >= 15 is 0 Å². The summed E-state index contributed by atoms with van der Waals surface area (Å²) in [5.41, 5.74) is 4.06. The summed E-state index contributed by atoms with van der Waals surface area (Å²) in [5.74, 6) is -0.771. The van der Waals surface area contributed by atoms with Gasteiger partial charge in [-0.15, -0.1) is 0 Å². The molecule has 1 N–H and O–H groups in total. The van der Waals surface area contributed by atoms with Gasteiger partial charge in [0.1, 0.15) is 5.69 Å². The second-order valence-corrected chi connectivity index (χ2v) is 9.28. The maximum Gasteiger partial charge on any atom is 0.261 e. The molecule has 2 aromatic heterocycles. The molecular weight excluding hydrogens is 454 g/mol. The van der Waals surface area contributed by atoms with E-state index in [9.17, 15) is 9.59 Å². The number of hydrogen-bond acceptors (Lipinski definition) is 5. The molecule has 2 amide bonds. The predicted molar refractivity (Wildman–Crippen MR) is 139 cm³/mol. The van der Waals surface area contributed by atoms with Gasteiger partial charge in [0.15, 0.2) is 0 Å². The van der Waals surface area contributed by atoms with E-state index in [1.165, 1.54) is 0 Å². The van der Waals surface area contributed by atoms with Crippen LogP contribution in [0.5, 0.6) is 0 Å². The van der Waals surface area contributed by atoms with Gasteiger partial charge in [-0.3, -0.25) is 24.5 Å². The molecular formula is C28H29N5O3. The highest BCUT2D eigenvalue weighted by Gasteiger charge is 2.36. The minimum Gasteiger partial charge on any atom is -0.379 e. The topological polar surface area (TPSA) is 81.4 Å². The first-order valence-electron chi connectivity index (χ1n) is 12.6. The fourth-order valence-electron chi connectivity index (χ4n) is 5.40. The Labute approximate surface area is 209 Å².